The Labute approximate surface area is 95.7 Å². The SMILES string of the molecule is Nc1n[nH]c(-c2ccoc2)c1-c1cccs1. The molecule has 5 heteroatoms. The molecule has 0 atom stereocenters. The summed E-state index contributed by atoms with van der Waals surface area (Å²) in [6.45, 7) is 0. The summed E-state index contributed by atoms with van der Waals surface area (Å²) in [5, 5.41) is 9.00. The fourth-order valence-corrected chi connectivity index (χ4v) is 2.43. The van der Waals surface area contributed by atoms with Crippen LogP contribution in [0.15, 0.2) is 40.5 Å². The summed E-state index contributed by atoms with van der Waals surface area (Å²) < 4.78 is 5.07. The molecule has 0 aromatic carbocycles. The zero-order valence-corrected chi connectivity index (χ0v) is 9.12. The zero-order chi connectivity index (χ0) is 11.0. The highest BCUT2D eigenvalue weighted by molar-refractivity contribution is 7.13. The van der Waals surface area contributed by atoms with Crippen molar-refractivity contribution in [1.29, 1.82) is 0 Å². The summed E-state index contributed by atoms with van der Waals surface area (Å²) in [7, 11) is 0. The van der Waals surface area contributed by atoms with Gasteiger partial charge in [-0.15, -0.1) is 11.3 Å². The Balaban J connectivity index is 2.21. The van der Waals surface area contributed by atoms with E-state index < -0.39 is 0 Å². The van der Waals surface area contributed by atoms with Gasteiger partial charge in [-0.05, 0) is 17.5 Å². The maximum absolute atomic E-state index is 5.87. The van der Waals surface area contributed by atoms with Gasteiger partial charge in [0.2, 0.25) is 0 Å². The van der Waals surface area contributed by atoms with Gasteiger partial charge in [0.1, 0.15) is 0 Å². The van der Waals surface area contributed by atoms with Crippen molar-refractivity contribution < 1.29 is 4.42 Å². The Bertz CT molecular complexity index is 581. The van der Waals surface area contributed by atoms with Crippen LogP contribution in [0.1, 0.15) is 0 Å². The molecule has 3 aromatic rings. The Morgan fingerprint density at radius 2 is 2.31 bits per heavy atom. The van der Waals surface area contributed by atoms with E-state index in [2.05, 4.69) is 10.2 Å². The second-order valence-electron chi connectivity index (χ2n) is 3.35. The maximum atomic E-state index is 5.87. The summed E-state index contributed by atoms with van der Waals surface area (Å²) in [6, 6.07) is 5.89. The molecule has 3 heterocycles. The van der Waals surface area contributed by atoms with Gasteiger partial charge in [0, 0.05) is 10.4 Å². The Kier molecular flexibility index (Phi) is 2.04. The van der Waals surface area contributed by atoms with Gasteiger partial charge in [0.05, 0.1) is 23.8 Å². The van der Waals surface area contributed by atoms with Crippen molar-refractivity contribution in [3.05, 3.63) is 36.1 Å². The largest absolute Gasteiger partial charge is 0.472 e. The van der Waals surface area contributed by atoms with Crippen LogP contribution in [0.4, 0.5) is 5.82 Å². The second kappa shape index (κ2) is 3.53. The molecule has 0 unspecified atom stereocenters. The van der Waals surface area contributed by atoms with Crippen LogP contribution < -0.4 is 5.73 Å². The first-order valence-corrected chi connectivity index (χ1v) is 5.64. The zero-order valence-electron chi connectivity index (χ0n) is 8.31. The molecule has 80 valence electrons. The van der Waals surface area contributed by atoms with E-state index >= 15 is 0 Å². The van der Waals surface area contributed by atoms with Gasteiger partial charge in [-0.3, -0.25) is 5.10 Å². The van der Waals surface area contributed by atoms with Crippen LogP contribution in [-0.4, -0.2) is 10.2 Å². The minimum atomic E-state index is 0.513. The molecule has 3 aromatic heterocycles. The van der Waals surface area contributed by atoms with Crippen molar-refractivity contribution in [3.63, 3.8) is 0 Å². The lowest BCUT2D eigenvalue weighted by Crippen LogP contribution is -1.86. The average Bonchev–Trinajstić information content (AvgIpc) is 2.96. The number of aromatic nitrogens is 2. The predicted octanol–water partition coefficient (Wildman–Crippen LogP) is 2.98. The lowest BCUT2D eigenvalue weighted by atomic mass is 10.1. The Morgan fingerprint density at radius 1 is 1.38 bits per heavy atom. The second-order valence-corrected chi connectivity index (χ2v) is 4.30. The third kappa shape index (κ3) is 1.33. The fraction of sp³-hybridized carbons (Fsp3) is 0. The smallest absolute Gasteiger partial charge is 0.154 e. The number of aromatic amines is 1. The van der Waals surface area contributed by atoms with Crippen molar-refractivity contribution in [2.24, 2.45) is 0 Å². The summed E-state index contributed by atoms with van der Waals surface area (Å²) in [4.78, 5) is 1.10. The molecule has 4 nitrogen and oxygen atoms in total. The van der Waals surface area contributed by atoms with E-state index in [9.17, 15) is 0 Å². The third-order valence-corrected chi connectivity index (χ3v) is 3.26. The monoisotopic (exact) mass is 231 g/mol. The topological polar surface area (TPSA) is 67.8 Å². The molecular weight excluding hydrogens is 222 g/mol. The van der Waals surface area contributed by atoms with E-state index in [-0.39, 0.29) is 0 Å². The van der Waals surface area contributed by atoms with Gasteiger partial charge < -0.3 is 10.2 Å². The first-order chi connectivity index (χ1) is 7.86. The van der Waals surface area contributed by atoms with Crippen LogP contribution in [0.3, 0.4) is 0 Å². The van der Waals surface area contributed by atoms with Gasteiger partial charge in [-0.25, -0.2) is 0 Å². The average molecular weight is 231 g/mol. The molecule has 0 radical (unpaired) electrons. The summed E-state index contributed by atoms with van der Waals surface area (Å²) in [6.07, 6.45) is 3.30. The van der Waals surface area contributed by atoms with Crippen LogP contribution >= 0.6 is 11.3 Å². The van der Waals surface area contributed by atoms with E-state index in [1.165, 1.54) is 0 Å². The van der Waals surface area contributed by atoms with E-state index in [0.29, 0.717) is 5.82 Å². The van der Waals surface area contributed by atoms with Crippen LogP contribution in [0.25, 0.3) is 21.7 Å². The molecule has 3 N–H and O–H groups in total. The van der Waals surface area contributed by atoms with Crippen molar-refractivity contribution >= 4 is 17.2 Å². The molecule has 16 heavy (non-hydrogen) atoms. The number of hydrogen-bond acceptors (Lipinski definition) is 4. The third-order valence-electron chi connectivity index (χ3n) is 2.37. The molecule has 0 aliphatic carbocycles. The van der Waals surface area contributed by atoms with Crippen molar-refractivity contribution in [3.8, 4) is 21.7 Å². The van der Waals surface area contributed by atoms with Crippen LogP contribution in [-0.2, 0) is 0 Å². The number of rotatable bonds is 2. The number of nitrogen functional groups attached to an aromatic ring is 1. The molecular formula is C11H9N3OS. The van der Waals surface area contributed by atoms with Gasteiger partial charge in [-0.1, -0.05) is 6.07 Å². The van der Waals surface area contributed by atoms with Crippen molar-refractivity contribution in [1.82, 2.24) is 10.2 Å². The van der Waals surface area contributed by atoms with E-state index in [4.69, 9.17) is 10.2 Å². The minimum absolute atomic E-state index is 0.513. The number of nitrogens with one attached hydrogen (secondary N) is 1. The van der Waals surface area contributed by atoms with E-state index in [1.807, 2.05) is 23.6 Å². The number of nitrogens with zero attached hydrogens (tertiary/aromatic N) is 1. The predicted molar refractivity (Wildman–Crippen MR) is 64.0 cm³/mol. The Morgan fingerprint density at radius 3 is 3.00 bits per heavy atom. The molecule has 0 aliphatic heterocycles. The quantitative estimate of drug-likeness (QED) is 0.712. The maximum Gasteiger partial charge on any atom is 0.154 e. The van der Waals surface area contributed by atoms with Gasteiger partial charge >= 0.3 is 0 Å². The molecule has 0 spiro atoms. The summed E-state index contributed by atoms with van der Waals surface area (Å²) in [5.41, 5.74) is 8.66. The lowest BCUT2D eigenvalue weighted by molar-refractivity contribution is 0.568. The van der Waals surface area contributed by atoms with Crippen molar-refractivity contribution in [2.75, 3.05) is 5.73 Å². The molecule has 0 fully saturated rings. The highest BCUT2D eigenvalue weighted by Gasteiger charge is 2.15. The molecule has 0 amide bonds. The van der Waals surface area contributed by atoms with E-state index in [1.54, 1.807) is 23.9 Å². The van der Waals surface area contributed by atoms with E-state index in [0.717, 1.165) is 21.7 Å². The lowest BCUT2D eigenvalue weighted by Gasteiger charge is -1.98. The molecule has 0 saturated carbocycles. The number of hydrogen-bond donors (Lipinski definition) is 2. The van der Waals surface area contributed by atoms with Gasteiger partial charge in [0.15, 0.2) is 5.82 Å². The molecule has 0 aliphatic rings. The first-order valence-electron chi connectivity index (χ1n) is 4.76. The minimum Gasteiger partial charge on any atom is -0.472 e. The normalized spacial score (nSPS) is 10.8. The van der Waals surface area contributed by atoms with Gasteiger partial charge in [-0.2, -0.15) is 5.10 Å². The number of anilines is 1. The van der Waals surface area contributed by atoms with Crippen LogP contribution in [0, 0.1) is 0 Å². The number of thiophene rings is 1. The first kappa shape index (κ1) is 9.23. The molecule has 0 saturated heterocycles. The fourth-order valence-electron chi connectivity index (χ4n) is 1.64. The van der Waals surface area contributed by atoms with Crippen LogP contribution in [0.2, 0.25) is 0 Å². The highest BCUT2D eigenvalue weighted by Crippen LogP contribution is 2.36. The standard InChI is InChI=1S/C11H9N3OS/c12-11-9(8-2-1-5-16-8)10(13-14-11)7-3-4-15-6-7/h1-6H,(H3,12,13,14). The molecule has 3 rings (SSSR count). The number of nitrogens with two attached hydrogens (primary N) is 1. The Hall–Kier alpha value is -2.01. The number of H-pyrrole nitrogens is 1. The van der Waals surface area contributed by atoms with Crippen molar-refractivity contribution in [2.45, 2.75) is 0 Å². The van der Waals surface area contributed by atoms with Crippen LogP contribution in [0.5, 0.6) is 0 Å². The van der Waals surface area contributed by atoms with Gasteiger partial charge in [0.25, 0.3) is 0 Å². The highest BCUT2D eigenvalue weighted by atomic mass is 32.1. The summed E-state index contributed by atoms with van der Waals surface area (Å²) >= 11 is 1.64. The number of furan rings is 1. The summed E-state index contributed by atoms with van der Waals surface area (Å²) in [5.74, 6) is 0.513. The molecule has 0 bridgehead atoms.